The molecular weight excluding hydrogens is 1190 g/mol. The molecule has 0 amide bonds. The third-order valence-corrected chi connectivity index (χ3v) is 29.5. The van der Waals surface area contributed by atoms with Crippen molar-refractivity contribution in [2.24, 2.45) is 71.0 Å². The van der Waals surface area contributed by atoms with E-state index in [1.54, 1.807) is 57.2 Å². The second-order valence-corrected chi connectivity index (χ2v) is 36.9. The molecule has 0 unspecified atom stereocenters. The minimum atomic E-state index is 0.414. The summed E-state index contributed by atoms with van der Waals surface area (Å²) < 4.78 is 11.0. The maximum Gasteiger partial charge on any atom is 0.169 e. The second kappa shape index (κ2) is 24.5. The molecule has 9 nitrogen and oxygen atoms in total. The van der Waals surface area contributed by atoms with Crippen molar-refractivity contribution in [3.63, 3.8) is 0 Å². The van der Waals surface area contributed by atoms with Crippen LogP contribution in [0.3, 0.4) is 0 Å². The van der Waals surface area contributed by atoms with Crippen molar-refractivity contribution in [1.29, 1.82) is 0 Å². The third-order valence-electron chi connectivity index (χ3n) is 24.7. The lowest BCUT2D eigenvalue weighted by Gasteiger charge is -2.57. The molecule has 17 aliphatic carbocycles. The molecule has 16 saturated carbocycles. The van der Waals surface area contributed by atoms with Gasteiger partial charge in [-0.15, -0.1) is 44.2 Å². The first kappa shape index (κ1) is 59.0. The fourth-order valence-corrected chi connectivity index (χ4v) is 26.7. The van der Waals surface area contributed by atoms with E-state index in [1.807, 2.05) is 35.9 Å². The van der Waals surface area contributed by atoms with E-state index in [4.69, 9.17) is 8.83 Å². The number of hydrogen-bond acceptors (Lipinski definition) is 14. The summed E-state index contributed by atoms with van der Waals surface area (Å²) in [5.74, 6) is 13.8. The van der Waals surface area contributed by atoms with E-state index < -0.39 is 0 Å². The SMILES string of the molecule is C1=C(CNC23CC4CC(CC(C4)C2)C3)CC=C1c1ccsc1.Cc1ncc(-c2ccc(CNC34CC5CC(CC(C5)C3)C4)s2)s1.c1coc(-c2cc(CNC34CC5CC(CC(C5)C3)C4)co2)c1.c1csc(-c2nnc(CNC34CC5CC(CC(C5)C3)C4)s2)c1. The third kappa shape index (κ3) is 12.9. The van der Waals surface area contributed by atoms with Crippen molar-refractivity contribution in [2.75, 3.05) is 6.54 Å². The molecule has 16 fully saturated rings. The van der Waals surface area contributed by atoms with Gasteiger partial charge in [0, 0.05) is 63.3 Å². The summed E-state index contributed by atoms with van der Waals surface area (Å²) in [6.45, 7) is 6.05. The molecule has 4 N–H and O–H groups in total. The van der Waals surface area contributed by atoms with Gasteiger partial charge in [0.15, 0.2) is 16.5 Å². The predicted octanol–water partition coefficient (Wildman–Crippen LogP) is 19.2. The molecular formula is C75H93N7O2S5. The molecule has 7 aromatic rings. The summed E-state index contributed by atoms with van der Waals surface area (Å²) >= 11 is 9.02. The number of aromatic nitrogens is 3. The van der Waals surface area contributed by atoms with Gasteiger partial charge in [-0.25, -0.2) is 4.98 Å². The van der Waals surface area contributed by atoms with Crippen LogP contribution in [0.4, 0.5) is 0 Å². The highest BCUT2D eigenvalue weighted by Crippen LogP contribution is 2.59. The van der Waals surface area contributed by atoms with E-state index in [-0.39, 0.29) is 0 Å². The Balaban J connectivity index is 0.0000000918. The molecule has 0 aromatic carbocycles. The zero-order chi connectivity index (χ0) is 59.2. The van der Waals surface area contributed by atoms with Crippen molar-refractivity contribution >= 4 is 62.3 Å². The van der Waals surface area contributed by atoms with Crippen LogP contribution in [-0.2, 0) is 19.6 Å². The number of hydrogen-bond donors (Lipinski definition) is 4. The molecule has 470 valence electrons. The number of rotatable bonds is 16. The van der Waals surface area contributed by atoms with Gasteiger partial charge in [0.2, 0.25) is 0 Å². The molecule has 16 bridgehead atoms. The summed E-state index contributed by atoms with van der Waals surface area (Å²) in [6, 6.07) is 17.0. The predicted molar refractivity (Wildman–Crippen MR) is 367 cm³/mol. The Morgan fingerprint density at radius 1 is 0.506 bits per heavy atom. The van der Waals surface area contributed by atoms with E-state index in [9.17, 15) is 0 Å². The van der Waals surface area contributed by atoms with Crippen LogP contribution in [0.2, 0.25) is 0 Å². The molecule has 7 heterocycles. The zero-order valence-electron chi connectivity index (χ0n) is 52.4. The maximum absolute atomic E-state index is 5.65. The van der Waals surface area contributed by atoms with Crippen LogP contribution < -0.4 is 21.3 Å². The summed E-state index contributed by atoms with van der Waals surface area (Å²) in [5, 5.41) is 34.5. The number of thiazole rings is 1. The van der Waals surface area contributed by atoms with Gasteiger partial charge in [0.25, 0.3) is 0 Å². The zero-order valence-corrected chi connectivity index (χ0v) is 56.5. The Morgan fingerprint density at radius 2 is 1.06 bits per heavy atom. The van der Waals surface area contributed by atoms with Gasteiger partial charge in [0.1, 0.15) is 5.01 Å². The summed E-state index contributed by atoms with van der Waals surface area (Å²) in [4.78, 5) is 9.78. The summed E-state index contributed by atoms with van der Waals surface area (Å²) in [7, 11) is 0. The van der Waals surface area contributed by atoms with Crippen LogP contribution >= 0.6 is 56.7 Å². The Morgan fingerprint density at radius 3 is 1.55 bits per heavy atom. The highest BCUT2D eigenvalue weighted by Gasteiger charge is 2.54. The Labute approximate surface area is 548 Å². The van der Waals surface area contributed by atoms with Crippen molar-refractivity contribution < 1.29 is 8.83 Å². The fourth-order valence-electron chi connectivity index (χ4n) is 22.7. The van der Waals surface area contributed by atoms with Crippen LogP contribution in [-0.4, -0.2) is 43.9 Å². The Kier molecular flexibility index (Phi) is 16.2. The van der Waals surface area contributed by atoms with Crippen molar-refractivity contribution in [2.45, 2.75) is 209 Å². The van der Waals surface area contributed by atoms with E-state index in [2.05, 4.69) is 108 Å². The highest BCUT2D eigenvalue weighted by atomic mass is 32.1. The van der Waals surface area contributed by atoms with Crippen LogP contribution in [0.25, 0.3) is 36.7 Å². The molecule has 0 atom stereocenters. The van der Waals surface area contributed by atoms with Crippen molar-refractivity contribution in [3.05, 3.63) is 127 Å². The van der Waals surface area contributed by atoms with Gasteiger partial charge in [-0.05, 0) is 308 Å². The van der Waals surface area contributed by atoms with Crippen LogP contribution in [0.5, 0.6) is 0 Å². The monoisotopic (exact) mass is 1280 g/mol. The second-order valence-electron chi connectivity index (χ2n) is 31.7. The molecule has 0 aliphatic heterocycles. The lowest BCUT2D eigenvalue weighted by molar-refractivity contribution is -0.0207. The number of furan rings is 2. The number of nitrogens with zero attached hydrogens (tertiary/aromatic N) is 3. The van der Waals surface area contributed by atoms with Crippen molar-refractivity contribution in [1.82, 2.24) is 36.4 Å². The fraction of sp³-hybridized carbons (Fsp3) is 0.613. The number of nitrogens with one attached hydrogen (secondary N) is 4. The van der Waals surface area contributed by atoms with Gasteiger partial charge in [-0.1, -0.05) is 35.1 Å². The summed E-state index contributed by atoms with van der Waals surface area (Å²) in [5.41, 5.74) is 7.44. The maximum atomic E-state index is 5.65. The lowest BCUT2D eigenvalue weighted by atomic mass is 9.53. The first-order valence-electron chi connectivity index (χ1n) is 34.9. The molecule has 0 saturated heterocycles. The molecule has 0 radical (unpaired) electrons. The molecule has 7 aromatic heterocycles. The molecule has 17 aliphatic rings. The quantitative estimate of drug-likeness (QED) is 0.0751. The van der Waals surface area contributed by atoms with Crippen LogP contribution in [0, 0.1) is 77.9 Å². The average molecular weight is 1280 g/mol. The van der Waals surface area contributed by atoms with Crippen LogP contribution in [0.1, 0.15) is 187 Å². The Hall–Kier alpha value is -3.83. The minimum Gasteiger partial charge on any atom is -0.461 e. The van der Waals surface area contributed by atoms with Crippen molar-refractivity contribution in [3.8, 4) is 31.2 Å². The number of allylic oxidation sites excluding steroid dienone is 3. The topological polar surface area (TPSA) is 113 Å². The molecule has 14 heteroatoms. The van der Waals surface area contributed by atoms with Gasteiger partial charge in [0.05, 0.1) is 33.8 Å². The molecule has 24 rings (SSSR count). The van der Waals surface area contributed by atoms with Gasteiger partial charge in [-0.3, -0.25) is 0 Å². The normalized spacial score (nSPS) is 36.6. The first-order chi connectivity index (χ1) is 43.5. The van der Waals surface area contributed by atoms with E-state index in [0.717, 1.165) is 130 Å². The van der Waals surface area contributed by atoms with Gasteiger partial charge in [-0.2, -0.15) is 11.3 Å². The Bertz CT molecular complexity index is 3340. The van der Waals surface area contributed by atoms with Gasteiger partial charge >= 0.3 is 0 Å². The minimum absolute atomic E-state index is 0.414. The highest BCUT2D eigenvalue weighted by molar-refractivity contribution is 7.22. The van der Waals surface area contributed by atoms with Gasteiger partial charge < -0.3 is 30.1 Å². The van der Waals surface area contributed by atoms with E-state index in [1.165, 1.54) is 190 Å². The number of thiophene rings is 3. The largest absolute Gasteiger partial charge is 0.461 e. The lowest BCUT2D eigenvalue weighted by Crippen LogP contribution is -2.58. The van der Waals surface area contributed by atoms with E-state index >= 15 is 0 Å². The van der Waals surface area contributed by atoms with E-state index in [0.29, 0.717) is 22.2 Å². The van der Waals surface area contributed by atoms with Crippen LogP contribution in [0.15, 0.2) is 110 Å². The summed E-state index contributed by atoms with van der Waals surface area (Å²) in [6.07, 6.45) is 46.7. The molecule has 0 spiro atoms. The smallest absolute Gasteiger partial charge is 0.169 e. The number of aryl methyl sites for hydroxylation is 1. The first-order valence-corrected chi connectivity index (χ1v) is 39.2. The molecule has 89 heavy (non-hydrogen) atoms. The average Bonchev–Trinajstić information content (AvgIpc) is 2.24. The standard InChI is InChI=1S/C20H25NS.C19H24N2S2.C19H23NO2.C17H21N3S2/c1-2-18(19-3-4-22-13-19)8-14(1)12-21-20-9-15-5-16(10-20)7-17(6-15)11-20;1-12-20-11-18(22-12)17-3-2-16(23-17)10-21-19-7-13-4-14(8-19)6-15(5-13)9-19;1-2-17(21-3-1)18-7-16(12-22-18)11-20-19-8-13-4-14(9-19)6-15(5-13)10-19;1-2-14(21-3-1)16-20-19-15(22-16)10-18-17-7-11-4-12(8-17)6-13(5-11)9-17/h2-4,8,13,15-17,21H,1,5-7,9-12H2;2-3,11,13-15,21H,4-10H2,1H3;1-3,7,12-15,20H,4-6,8-11H2;1-3,11-13,18H,4-10H2.